The van der Waals surface area contributed by atoms with E-state index in [9.17, 15) is 28.0 Å². The van der Waals surface area contributed by atoms with Crippen molar-refractivity contribution in [1.82, 2.24) is 14.9 Å². The molecular weight excluding hydrogens is 649 g/mol. The van der Waals surface area contributed by atoms with Gasteiger partial charge >= 0.3 is 6.18 Å². The maximum Gasteiger partial charge on any atom is 0.417 e. The van der Waals surface area contributed by atoms with Crippen molar-refractivity contribution in [2.75, 3.05) is 31.4 Å². The number of imidazole rings is 1. The lowest BCUT2D eigenvalue weighted by Gasteiger charge is -2.27. The Labute approximate surface area is 288 Å². The van der Waals surface area contributed by atoms with Crippen molar-refractivity contribution in [2.45, 2.75) is 57.0 Å². The summed E-state index contributed by atoms with van der Waals surface area (Å²) in [6.07, 6.45) is 2.32. The van der Waals surface area contributed by atoms with E-state index in [0.717, 1.165) is 31.7 Å². The number of amides is 2. The van der Waals surface area contributed by atoms with Crippen LogP contribution in [0.1, 0.15) is 66.0 Å². The van der Waals surface area contributed by atoms with Gasteiger partial charge in [-0.3, -0.25) is 9.59 Å². The minimum absolute atomic E-state index is 0.0711. The maximum atomic E-state index is 14.3. The van der Waals surface area contributed by atoms with Gasteiger partial charge in [0.25, 0.3) is 5.91 Å². The summed E-state index contributed by atoms with van der Waals surface area (Å²) in [6.45, 7) is 2.28. The minimum atomic E-state index is -4.67. The molecule has 50 heavy (non-hydrogen) atoms. The zero-order chi connectivity index (χ0) is 36.0. The van der Waals surface area contributed by atoms with Gasteiger partial charge in [0.2, 0.25) is 5.91 Å². The lowest BCUT2D eigenvalue weighted by Crippen LogP contribution is -2.35. The number of alkyl halides is 3. The average molecular weight is 689 g/mol. The number of carbonyl (C=O) groups is 2. The fourth-order valence-electron chi connectivity index (χ4n) is 6.13. The number of anilines is 2. The topological polar surface area (TPSA) is 130 Å². The first-order valence-corrected chi connectivity index (χ1v) is 16.2. The Morgan fingerprint density at radius 2 is 1.84 bits per heavy atom. The second-order valence-electron chi connectivity index (χ2n) is 12.2. The molecule has 0 bridgehead atoms. The van der Waals surface area contributed by atoms with E-state index in [1.165, 1.54) is 49.6 Å². The molecule has 1 fully saturated rings. The second kappa shape index (κ2) is 15.7. The number of fused-ring (bicyclic) bond motifs is 1. The van der Waals surface area contributed by atoms with E-state index in [2.05, 4.69) is 20.9 Å². The summed E-state index contributed by atoms with van der Waals surface area (Å²) in [6, 6.07) is 15.1. The lowest BCUT2D eigenvalue weighted by atomic mass is 9.93. The lowest BCUT2D eigenvalue weighted by molar-refractivity contribution is -0.137. The highest BCUT2D eigenvalue weighted by atomic mass is 19.4. The van der Waals surface area contributed by atoms with Crippen molar-refractivity contribution >= 4 is 34.2 Å². The molecule has 3 N–H and O–H groups in total. The van der Waals surface area contributed by atoms with Crippen LogP contribution in [0.25, 0.3) is 22.2 Å². The number of ether oxygens (including phenoxy) is 2. The van der Waals surface area contributed by atoms with Crippen LogP contribution in [0.3, 0.4) is 0 Å². The second-order valence-corrected chi connectivity index (χ2v) is 12.2. The van der Waals surface area contributed by atoms with Gasteiger partial charge in [-0.15, -0.1) is 0 Å². The largest absolute Gasteiger partial charge is 0.417 e. The third-order valence-electron chi connectivity index (χ3n) is 8.97. The first-order valence-electron chi connectivity index (χ1n) is 16.2. The Hall–Kier alpha value is -5.03. The molecule has 262 valence electrons. The van der Waals surface area contributed by atoms with Gasteiger partial charge in [-0.2, -0.15) is 18.4 Å². The quantitative estimate of drug-likeness (QED) is 0.143. The smallest absolute Gasteiger partial charge is 0.381 e. The molecule has 1 atom stereocenters. The zero-order valence-corrected chi connectivity index (χ0v) is 28.2. The number of hydrogen-bond donors (Lipinski definition) is 3. The number of rotatable bonds is 11. The van der Waals surface area contributed by atoms with E-state index >= 15 is 0 Å². The summed E-state index contributed by atoms with van der Waals surface area (Å²) < 4.78 is 55.3. The number of hydrogen-bond acceptors (Lipinski definition) is 7. The number of nitrogens with one attached hydrogen (secondary N) is 3. The van der Waals surface area contributed by atoms with E-state index in [0.29, 0.717) is 35.5 Å². The van der Waals surface area contributed by atoms with Crippen LogP contribution in [0.5, 0.6) is 0 Å². The number of carbonyl (C=O) groups excluding carboxylic acids is 2. The number of halogens is 3. The van der Waals surface area contributed by atoms with Crippen LogP contribution in [0.2, 0.25) is 0 Å². The zero-order valence-electron chi connectivity index (χ0n) is 28.2. The summed E-state index contributed by atoms with van der Waals surface area (Å²) in [5.74, 6) is -0.528. The fraction of sp³-hybridized carbons (Fsp3) is 0.351. The minimum Gasteiger partial charge on any atom is -0.381 e. The van der Waals surface area contributed by atoms with Gasteiger partial charge in [0, 0.05) is 51.2 Å². The van der Waals surface area contributed by atoms with Crippen molar-refractivity contribution in [1.29, 1.82) is 5.26 Å². The first kappa shape index (κ1) is 36.3. The van der Waals surface area contributed by atoms with Gasteiger partial charge in [0.1, 0.15) is 18.0 Å². The fourth-order valence-corrected chi connectivity index (χ4v) is 6.13. The normalized spacial score (nSPS) is 17.1. The number of aromatic nitrogens is 2. The summed E-state index contributed by atoms with van der Waals surface area (Å²) in [4.78, 5) is 30.3. The third kappa shape index (κ3) is 8.39. The first-order chi connectivity index (χ1) is 23.9. The van der Waals surface area contributed by atoms with Crippen LogP contribution in [0, 0.1) is 11.3 Å². The average Bonchev–Trinajstić information content (AvgIpc) is 3.44. The van der Waals surface area contributed by atoms with Crippen LogP contribution in [-0.4, -0.2) is 54.3 Å². The summed E-state index contributed by atoms with van der Waals surface area (Å²) in [5.41, 5.74) is 0.633. The number of aryl methyl sites for hydroxylation is 1. The molecule has 0 unspecified atom stereocenters. The molecule has 0 aliphatic heterocycles. The van der Waals surface area contributed by atoms with Crippen LogP contribution in [0.15, 0.2) is 66.7 Å². The van der Waals surface area contributed by atoms with E-state index in [1.54, 1.807) is 43.9 Å². The molecule has 10 nitrogen and oxygen atoms in total. The van der Waals surface area contributed by atoms with Gasteiger partial charge in [-0.25, -0.2) is 4.98 Å². The molecule has 2 amide bonds. The van der Waals surface area contributed by atoms with Gasteiger partial charge in [0.05, 0.1) is 34.0 Å². The molecule has 0 saturated heterocycles. The van der Waals surface area contributed by atoms with Crippen molar-refractivity contribution in [3.8, 4) is 17.2 Å². The highest BCUT2D eigenvalue weighted by Gasteiger charge is 2.35. The molecule has 5 rings (SSSR count). The molecule has 1 heterocycles. The molecule has 0 radical (unpaired) electrons. The maximum absolute atomic E-state index is 14.3. The van der Waals surface area contributed by atoms with Crippen LogP contribution in [-0.2, 0) is 27.5 Å². The summed E-state index contributed by atoms with van der Waals surface area (Å²) in [7, 11) is 4.87. The summed E-state index contributed by atoms with van der Waals surface area (Å²) >= 11 is 0. The molecule has 1 aliphatic carbocycles. The SMILES string of the molecule is CO[C@H](C)c1nc2cc(-c3cccc(NC(=O)c4ccc(NC(=O)/C=C/CN[C@H]5CC[C@H](OC)CC5)c(C#N)c4)c3)c(C(F)(F)F)cc2n1C. The number of nitriles is 1. The highest BCUT2D eigenvalue weighted by Crippen LogP contribution is 2.40. The van der Waals surface area contributed by atoms with Crippen molar-refractivity contribution in [3.05, 3.63) is 89.3 Å². The Morgan fingerprint density at radius 3 is 2.52 bits per heavy atom. The standard InChI is InChI=1S/C37H39F3N6O4/c1-22(49-3)35-45-32-19-29(30(37(38,39)40)20-33(32)46(35)2)23-7-5-8-27(18-23)43-36(48)24-10-15-31(25(17-24)21-41)44-34(47)9-6-16-42-26-11-13-28(50-4)14-12-26/h5-10,15,17-20,22,26,28,42H,11-14,16H2,1-4H3,(H,43,48)(H,44,47)/b9-6+/t22-,26-,28-/m1/s1. The van der Waals surface area contributed by atoms with Gasteiger partial charge in [-0.1, -0.05) is 18.2 Å². The molecule has 13 heteroatoms. The number of benzene rings is 3. The predicted octanol–water partition coefficient (Wildman–Crippen LogP) is 7.13. The van der Waals surface area contributed by atoms with E-state index < -0.39 is 29.7 Å². The Bertz CT molecular complexity index is 1940. The van der Waals surface area contributed by atoms with Gasteiger partial charge in [-0.05, 0) is 86.2 Å². The molecule has 0 spiro atoms. The van der Waals surface area contributed by atoms with E-state index in [1.807, 2.05) is 6.07 Å². The highest BCUT2D eigenvalue weighted by molar-refractivity contribution is 6.06. The van der Waals surface area contributed by atoms with Crippen LogP contribution < -0.4 is 16.0 Å². The van der Waals surface area contributed by atoms with Crippen molar-refractivity contribution in [3.63, 3.8) is 0 Å². The molecule has 3 aromatic carbocycles. The number of methoxy groups -OCH3 is 2. The molecule has 4 aromatic rings. The third-order valence-corrected chi connectivity index (χ3v) is 8.97. The molecule has 1 saturated carbocycles. The Kier molecular flexibility index (Phi) is 11.4. The monoisotopic (exact) mass is 688 g/mol. The Morgan fingerprint density at radius 1 is 1.08 bits per heavy atom. The predicted molar refractivity (Wildman–Crippen MR) is 185 cm³/mol. The summed E-state index contributed by atoms with van der Waals surface area (Å²) in [5, 5.41) is 18.5. The number of nitrogens with zero attached hydrogens (tertiary/aromatic N) is 3. The van der Waals surface area contributed by atoms with E-state index in [4.69, 9.17) is 9.47 Å². The molecular formula is C37H39F3N6O4. The molecule has 1 aliphatic rings. The van der Waals surface area contributed by atoms with Crippen molar-refractivity contribution < 1.29 is 32.2 Å². The van der Waals surface area contributed by atoms with Gasteiger partial charge < -0.3 is 30.0 Å². The van der Waals surface area contributed by atoms with E-state index in [-0.39, 0.29) is 33.6 Å². The van der Waals surface area contributed by atoms with Crippen molar-refractivity contribution in [2.24, 2.45) is 7.05 Å². The molecule has 1 aromatic heterocycles. The van der Waals surface area contributed by atoms with Gasteiger partial charge in [0.15, 0.2) is 0 Å². The van der Waals surface area contributed by atoms with Crippen LogP contribution >= 0.6 is 0 Å². The Balaban J connectivity index is 1.28. The van der Waals surface area contributed by atoms with Crippen LogP contribution in [0.4, 0.5) is 24.5 Å².